The third kappa shape index (κ3) is 5.02. The van der Waals surface area contributed by atoms with Crippen molar-refractivity contribution in [3.05, 3.63) is 82.8 Å². The number of rotatable bonds is 6. The number of halogens is 1. The second kappa shape index (κ2) is 7.77. The van der Waals surface area contributed by atoms with Crippen molar-refractivity contribution in [3.8, 4) is 11.6 Å². The van der Waals surface area contributed by atoms with E-state index in [9.17, 15) is 4.79 Å². The van der Waals surface area contributed by atoms with E-state index in [-0.39, 0.29) is 6.42 Å². The van der Waals surface area contributed by atoms with Crippen molar-refractivity contribution in [3.63, 3.8) is 0 Å². The van der Waals surface area contributed by atoms with Crippen molar-refractivity contribution in [1.29, 1.82) is 0 Å². The van der Waals surface area contributed by atoms with Crippen LogP contribution in [0.2, 0.25) is 5.02 Å². The summed E-state index contributed by atoms with van der Waals surface area (Å²) in [5.41, 5.74) is 1.77. The Morgan fingerprint density at radius 2 is 1.68 bits per heavy atom. The van der Waals surface area contributed by atoms with Gasteiger partial charge in [-0.25, -0.2) is 4.98 Å². The second-order valence-corrected chi connectivity index (χ2v) is 5.87. The molecule has 0 aliphatic heterocycles. The van der Waals surface area contributed by atoms with E-state index < -0.39 is 5.97 Å². The Kier molecular flexibility index (Phi) is 5.26. The van der Waals surface area contributed by atoms with Crippen LogP contribution in [0.5, 0.6) is 11.6 Å². The van der Waals surface area contributed by atoms with Crippen LogP contribution < -0.4 is 4.74 Å². The summed E-state index contributed by atoms with van der Waals surface area (Å²) in [7, 11) is 0. The number of carboxylic acid groups (broad SMARTS) is 1. The molecule has 6 heteroatoms. The molecule has 0 amide bonds. The van der Waals surface area contributed by atoms with Gasteiger partial charge in [0.2, 0.25) is 5.88 Å². The molecule has 0 aliphatic carbocycles. The van der Waals surface area contributed by atoms with Crippen LogP contribution in [-0.4, -0.2) is 21.0 Å². The van der Waals surface area contributed by atoms with E-state index in [1.54, 1.807) is 36.5 Å². The molecule has 0 bridgehead atoms. The van der Waals surface area contributed by atoms with Gasteiger partial charge in [-0.3, -0.25) is 4.79 Å². The number of hydrogen-bond acceptors (Lipinski definition) is 4. The SMILES string of the molecule is O=C(O)Cc1ccc(Oc2ccnc(Cc3ccc(Cl)cc3)n2)cc1. The molecule has 1 aromatic heterocycles. The lowest BCUT2D eigenvalue weighted by atomic mass is 10.1. The van der Waals surface area contributed by atoms with Crippen LogP contribution in [0.4, 0.5) is 0 Å². The highest BCUT2D eigenvalue weighted by Crippen LogP contribution is 2.20. The summed E-state index contributed by atoms with van der Waals surface area (Å²) in [4.78, 5) is 19.3. The van der Waals surface area contributed by atoms with Crippen molar-refractivity contribution < 1.29 is 14.6 Å². The van der Waals surface area contributed by atoms with Gasteiger partial charge < -0.3 is 9.84 Å². The molecule has 5 nitrogen and oxygen atoms in total. The summed E-state index contributed by atoms with van der Waals surface area (Å²) < 4.78 is 5.72. The van der Waals surface area contributed by atoms with Crippen LogP contribution in [-0.2, 0) is 17.6 Å². The molecule has 3 rings (SSSR count). The molecule has 126 valence electrons. The first-order valence-corrected chi connectivity index (χ1v) is 8.01. The number of hydrogen-bond donors (Lipinski definition) is 1. The number of carbonyl (C=O) groups is 1. The van der Waals surface area contributed by atoms with Gasteiger partial charge >= 0.3 is 5.97 Å². The fraction of sp³-hybridized carbons (Fsp3) is 0.105. The summed E-state index contributed by atoms with van der Waals surface area (Å²) in [6, 6.07) is 16.1. The van der Waals surface area contributed by atoms with Crippen LogP contribution in [0, 0.1) is 0 Å². The molecule has 2 aromatic carbocycles. The molecule has 0 fully saturated rings. The highest BCUT2D eigenvalue weighted by atomic mass is 35.5. The maximum absolute atomic E-state index is 10.7. The number of aromatic nitrogens is 2. The molecule has 0 unspecified atom stereocenters. The van der Waals surface area contributed by atoms with Crippen molar-refractivity contribution in [2.24, 2.45) is 0 Å². The van der Waals surface area contributed by atoms with Crippen molar-refractivity contribution in [1.82, 2.24) is 9.97 Å². The van der Waals surface area contributed by atoms with Gasteiger partial charge in [0.05, 0.1) is 6.42 Å². The van der Waals surface area contributed by atoms with Gasteiger partial charge in [0.15, 0.2) is 0 Å². The smallest absolute Gasteiger partial charge is 0.307 e. The van der Waals surface area contributed by atoms with Crippen molar-refractivity contribution >= 4 is 17.6 Å². The van der Waals surface area contributed by atoms with Crippen LogP contribution >= 0.6 is 11.6 Å². The number of carboxylic acids is 1. The lowest BCUT2D eigenvalue weighted by molar-refractivity contribution is -0.136. The van der Waals surface area contributed by atoms with E-state index in [0.717, 1.165) is 5.56 Å². The molecule has 25 heavy (non-hydrogen) atoms. The molecule has 0 spiro atoms. The average Bonchev–Trinajstić information content (AvgIpc) is 2.59. The predicted molar refractivity (Wildman–Crippen MR) is 94.1 cm³/mol. The molecule has 3 aromatic rings. The van der Waals surface area contributed by atoms with E-state index >= 15 is 0 Å². The van der Waals surface area contributed by atoms with Crippen LogP contribution in [0.3, 0.4) is 0 Å². The monoisotopic (exact) mass is 354 g/mol. The first kappa shape index (κ1) is 16.9. The third-order valence-corrected chi connectivity index (χ3v) is 3.71. The zero-order valence-electron chi connectivity index (χ0n) is 13.2. The number of benzene rings is 2. The van der Waals surface area contributed by atoms with E-state index in [2.05, 4.69) is 9.97 Å². The van der Waals surface area contributed by atoms with Crippen LogP contribution in [0.1, 0.15) is 17.0 Å². The Hall–Kier alpha value is -2.92. The van der Waals surface area contributed by atoms with Crippen molar-refractivity contribution in [2.75, 3.05) is 0 Å². The standard InChI is InChI=1S/C19H15ClN2O3/c20-15-5-1-13(2-6-15)11-17-21-10-9-18(22-17)25-16-7-3-14(4-8-16)12-19(23)24/h1-10H,11-12H2,(H,23,24). The minimum atomic E-state index is -0.865. The summed E-state index contributed by atoms with van der Waals surface area (Å²) in [5.74, 6) is 0.800. The number of ether oxygens (including phenoxy) is 1. The summed E-state index contributed by atoms with van der Waals surface area (Å²) in [5, 5.41) is 9.47. The van der Waals surface area contributed by atoms with E-state index in [4.69, 9.17) is 21.4 Å². The molecule has 0 atom stereocenters. The highest BCUT2D eigenvalue weighted by Gasteiger charge is 2.05. The van der Waals surface area contributed by atoms with Gasteiger partial charge in [-0.15, -0.1) is 0 Å². The molecule has 0 radical (unpaired) electrons. The molecular weight excluding hydrogens is 340 g/mol. The molecule has 1 N–H and O–H groups in total. The molecule has 0 aliphatic rings. The van der Waals surface area contributed by atoms with Gasteiger partial charge in [0, 0.05) is 23.7 Å². The number of aliphatic carboxylic acids is 1. The zero-order chi connectivity index (χ0) is 17.6. The van der Waals surface area contributed by atoms with Crippen molar-refractivity contribution in [2.45, 2.75) is 12.8 Å². The predicted octanol–water partition coefficient (Wildman–Crippen LogP) is 4.14. The maximum Gasteiger partial charge on any atom is 0.307 e. The molecular formula is C19H15ClN2O3. The largest absolute Gasteiger partial charge is 0.481 e. The topological polar surface area (TPSA) is 72.3 Å². The molecule has 0 saturated heterocycles. The third-order valence-electron chi connectivity index (χ3n) is 3.46. The first-order chi connectivity index (χ1) is 12.1. The summed E-state index contributed by atoms with van der Waals surface area (Å²) in [6.07, 6.45) is 2.21. The Morgan fingerprint density at radius 1 is 1.00 bits per heavy atom. The van der Waals surface area contributed by atoms with Gasteiger partial charge in [0.1, 0.15) is 11.6 Å². The van der Waals surface area contributed by atoms with E-state index in [1.807, 2.05) is 24.3 Å². The van der Waals surface area contributed by atoms with Crippen LogP contribution in [0.25, 0.3) is 0 Å². The molecule has 0 saturated carbocycles. The van der Waals surface area contributed by atoms with Gasteiger partial charge in [0.25, 0.3) is 0 Å². The zero-order valence-corrected chi connectivity index (χ0v) is 14.0. The fourth-order valence-electron chi connectivity index (χ4n) is 2.28. The summed E-state index contributed by atoms with van der Waals surface area (Å²) >= 11 is 5.89. The minimum Gasteiger partial charge on any atom is -0.481 e. The Morgan fingerprint density at radius 3 is 2.36 bits per heavy atom. The lowest BCUT2D eigenvalue weighted by Crippen LogP contribution is -2.00. The average molecular weight is 355 g/mol. The Bertz CT molecular complexity index is 865. The molecule has 1 heterocycles. The lowest BCUT2D eigenvalue weighted by Gasteiger charge is -2.07. The fourth-order valence-corrected chi connectivity index (χ4v) is 2.40. The van der Waals surface area contributed by atoms with E-state index in [0.29, 0.717) is 34.5 Å². The Balaban J connectivity index is 1.68. The van der Waals surface area contributed by atoms with E-state index in [1.165, 1.54) is 0 Å². The quantitative estimate of drug-likeness (QED) is 0.720. The van der Waals surface area contributed by atoms with Crippen LogP contribution in [0.15, 0.2) is 60.8 Å². The normalized spacial score (nSPS) is 10.4. The number of nitrogens with zero attached hydrogens (tertiary/aromatic N) is 2. The second-order valence-electron chi connectivity index (χ2n) is 5.43. The maximum atomic E-state index is 10.7. The van der Waals surface area contributed by atoms with Gasteiger partial charge in [-0.1, -0.05) is 35.9 Å². The first-order valence-electron chi connectivity index (χ1n) is 7.63. The minimum absolute atomic E-state index is 0.0149. The van der Waals surface area contributed by atoms with Gasteiger partial charge in [-0.05, 0) is 35.4 Å². The highest BCUT2D eigenvalue weighted by molar-refractivity contribution is 6.30. The Labute approximate surface area is 149 Å². The van der Waals surface area contributed by atoms with Gasteiger partial charge in [-0.2, -0.15) is 4.98 Å². The summed E-state index contributed by atoms with van der Waals surface area (Å²) in [6.45, 7) is 0.